The van der Waals surface area contributed by atoms with Gasteiger partial charge in [-0.05, 0) is 6.42 Å². The van der Waals surface area contributed by atoms with Gasteiger partial charge in [0.15, 0.2) is 0 Å². The second kappa shape index (κ2) is 12.5. The molecule has 0 fully saturated rings. The molecule has 0 aromatic carbocycles. The van der Waals surface area contributed by atoms with Crippen LogP contribution in [0.1, 0.15) is 90.4 Å². The van der Waals surface area contributed by atoms with Crippen LogP contribution in [0.25, 0.3) is 0 Å². The summed E-state index contributed by atoms with van der Waals surface area (Å²) < 4.78 is 49.0. The van der Waals surface area contributed by atoms with Crippen LogP contribution in [-0.2, 0) is 0 Å². The minimum Gasteiger partial charge on any atom is -0.204 e. The van der Waals surface area contributed by atoms with Gasteiger partial charge in [-0.25, -0.2) is 17.6 Å². The van der Waals surface area contributed by atoms with E-state index < -0.39 is 18.8 Å². The van der Waals surface area contributed by atoms with Crippen molar-refractivity contribution < 1.29 is 17.6 Å². The van der Waals surface area contributed by atoms with Crippen LogP contribution in [-0.4, -0.2) is 12.3 Å². The van der Waals surface area contributed by atoms with E-state index in [0.29, 0.717) is 6.42 Å². The van der Waals surface area contributed by atoms with Crippen LogP contribution in [0, 0.1) is 0 Å². The van der Waals surface area contributed by atoms with Gasteiger partial charge >= 0.3 is 12.3 Å². The minimum absolute atomic E-state index is 0.203. The Kier molecular flexibility index (Phi) is 12.3. The van der Waals surface area contributed by atoms with Crippen LogP contribution in [0.4, 0.5) is 17.6 Å². The number of hydrogen-bond acceptors (Lipinski definition) is 0. The van der Waals surface area contributed by atoms with Gasteiger partial charge in [-0.15, -0.1) is 0 Å². The highest BCUT2D eigenvalue weighted by Crippen LogP contribution is 2.29. The van der Waals surface area contributed by atoms with Crippen molar-refractivity contribution >= 4 is 0 Å². The standard InChI is InChI=1S/C16H30F4/c1-2-3-4-5-6-7-8-9-10-11-12-13-14-16(19,20)15(17)18/h15H,2-14H2,1H3. The van der Waals surface area contributed by atoms with E-state index in [2.05, 4.69) is 6.92 Å². The molecule has 0 aliphatic heterocycles. The quantitative estimate of drug-likeness (QED) is 0.240. The predicted octanol–water partition coefficient (Wildman–Crippen LogP) is 6.98. The highest BCUT2D eigenvalue weighted by atomic mass is 19.3. The molecule has 0 atom stereocenters. The first kappa shape index (κ1) is 19.7. The molecule has 0 aliphatic rings. The van der Waals surface area contributed by atoms with Crippen LogP contribution in [0.15, 0.2) is 0 Å². The Morgan fingerprint density at radius 3 is 1.35 bits per heavy atom. The maximum Gasteiger partial charge on any atom is 0.307 e. The van der Waals surface area contributed by atoms with Crippen LogP contribution >= 0.6 is 0 Å². The van der Waals surface area contributed by atoms with Crippen molar-refractivity contribution in [2.24, 2.45) is 0 Å². The van der Waals surface area contributed by atoms with Crippen LogP contribution in [0.3, 0.4) is 0 Å². The average molecular weight is 298 g/mol. The molecule has 0 heterocycles. The van der Waals surface area contributed by atoms with Gasteiger partial charge in [-0.2, -0.15) is 0 Å². The minimum atomic E-state index is -3.79. The van der Waals surface area contributed by atoms with Gasteiger partial charge < -0.3 is 0 Å². The zero-order valence-corrected chi connectivity index (χ0v) is 12.8. The Morgan fingerprint density at radius 2 is 1.00 bits per heavy atom. The van der Waals surface area contributed by atoms with Gasteiger partial charge in [-0.1, -0.05) is 77.6 Å². The van der Waals surface area contributed by atoms with Crippen molar-refractivity contribution in [1.29, 1.82) is 0 Å². The number of rotatable bonds is 14. The smallest absolute Gasteiger partial charge is 0.204 e. The largest absolute Gasteiger partial charge is 0.307 e. The van der Waals surface area contributed by atoms with Crippen molar-refractivity contribution in [3.05, 3.63) is 0 Å². The van der Waals surface area contributed by atoms with E-state index in [1.165, 1.54) is 44.9 Å². The lowest BCUT2D eigenvalue weighted by atomic mass is 10.0. The Bertz CT molecular complexity index is 205. The summed E-state index contributed by atoms with van der Waals surface area (Å²) in [5.41, 5.74) is 0. The summed E-state index contributed by atoms with van der Waals surface area (Å²) in [4.78, 5) is 0. The van der Waals surface area contributed by atoms with E-state index >= 15 is 0 Å². The summed E-state index contributed by atoms with van der Waals surface area (Å²) in [6.45, 7) is 2.21. The van der Waals surface area contributed by atoms with Crippen molar-refractivity contribution in [2.45, 2.75) is 103 Å². The SMILES string of the molecule is CCCCCCCCCCCCCCC(F)(F)C(F)F. The van der Waals surface area contributed by atoms with E-state index in [1.807, 2.05) is 0 Å². The number of halogens is 4. The van der Waals surface area contributed by atoms with E-state index in [9.17, 15) is 17.6 Å². The fraction of sp³-hybridized carbons (Fsp3) is 1.00. The van der Waals surface area contributed by atoms with Crippen LogP contribution in [0.2, 0.25) is 0 Å². The van der Waals surface area contributed by atoms with Crippen molar-refractivity contribution in [3.8, 4) is 0 Å². The van der Waals surface area contributed by atoms with Gasteiger partial charge in [0.2, 0.25) is 0 Å². The average Bonchev–Trinajstić information content (AvgIpc) is 2.39. The topological polar surface area (TPSA) is 0 Å². The highest BCUT2D eigenvalue weighted by molar-refractivity contribution is 4.68. The Morgan fingerprint density at radius 1 is 0.650 bits per heavy atom. The molecule has 122 valence electrons. The Hall–Kier alpha value is -0.280. The van der Waals surface area contributed by atoms with Gasteiger partial charge in [0, 0.05) is 6.42 Å². The molecule has 0 unspecified atom stereocenters. The summed E-state index contributed by atoms with van der Waals surface area (Å²) in [7, 11) is 0. The summed E-state index contributed by atoms with van der Waals surface area (Å²) in [5.74, 6) is -3.79. The molecule has 0 nitrogen and oxygen atoms in total. The van der Waals surface area contributed by atoms with Gasteiger partial charge in [-0.3, -0.25) is 0 Å². The van der Waals surface area contributed by atoms with Crippen molar-refractivity contribution in [2.75, 3.05) is 0 Å². The Balaban J connectivity index is 3.17. The third-order valence-corrected chi connectivity index (χ3v) is 3.68. The molecule has 4 heteroatoms. The first-order valence-electron chi connectivity index (χ1n) is 8.16. The third-order valence-electron chi connectivity index (χ3n) is 3.68. The molecule has 0 saturated carbocycles. The molecule has 20 heavy (non-hydrogen) atoms. The molecular formula is C16H30F4. The lowest BCUT2D eigenvalue weighted by Gasteiger charge is -2.14. The van der Waals surface area contributed by atoms with Crippen LogP contribution in [0.5, 0.6) is 0 Å². The zero-order valence-electron chi connectivity index (χ0n) is 12.8. The monoisotopic (exact) mass is 298 g/mol. The molecular weight excluding hydrogens is 268 g/mol. The van der Waals surface area contributed by atoms with Crippen molar-refractivity contribution in [1.82, 2.24) is 0 Å². The van der Waals surface area contributed by atoms with E-state index in [-0.39, 0.29) is 6.42 Å². The normalized spacial score (nSPS) is 12.3. The molecule has 0 bridgehead atoms. The first-order chi connectivity index (χ1) is 9.50. The van der Waals surface area contributed by atoms with Gasteiger partial charge in [0.1, 0.15) is 0 Å². The second-order valence-corrected chi connectivity index (χ2v) is 5.70. The van der Waals surface area contributed by atoms with Gasteiger partial charge in [0.05, 0.1) is 0 Å². The molecule has 0 spiro atoms. The maximum absolute atomic E-state index is 12.6. The summed E-state index contributed by atoms with van der Waals surface area (Å²) >= 11 is 0. The lowest BCUT2D eigenvalue weighted by molar-refractivity contribution is -0.133. The highest BCUT2D eigenvalue weighted by Gasteiger charge is 2.39. The summed E-state index contributed by atoms with van der Waals surface area (Å²) in [5, 5.41) is 0. The molecule has 0 saturated heterocycles. The second-order valence-electron chi connectivity index (χ2n) is 5.70. The molecule has 0 N–H and O–H groups in total. The number of hydrogen-bond donors (Lipinski definition) is 0. The number of alkyl halides is 4. The Labute approximate surface area is 121 Å². The molecule has 0 amide bonds. The zero-order chi connectivity index (χ0) is 15.3. The fourth-order valence-electron chi connectivity index (χ4n) is 2.31. The summed E-state index contributed by atoms with van der Waals surface area (Å²) in [6.07, 6.45) is 8.69. The van der Waals surface area contributed by atoms with E-state index in [4.69, 9.17) is 0 Å². The number of unbranched alkanes of at least 4 members (excludes halogenated alkanes) is 11. The fourth-order valence-corrected chi connectivity index (χ4v) is 2.31. The molecule has 0 aromatic heterocycles. The summed E-state index contributed by atoms with van der Waals surface area (Å²) in [6, 6.07) is 0. The molecule has 0 aromatic rings. The maximum atomic E-state index is 12.6. The predicted molar refractivity (Wildman–Crippen MR) is 76.6 cm³/mol. The molecule has 0 rings (SSSR count). The molecule has 0 aliphatic carbocycles. The van der Waals surface area contributed by atoms with E-state index in [1.54, 1.807) is 0 Å². The third kappa shape index (κ3) is 11.5. The van der Waals surface area contributed by atoms with Crippen LogP contribution < -0.4 is 0 Å². The first-order valence-corrected chi connectivity index (χ1v) is 8.16. The van der Waals surface area contributed by atoms with E-state index in [0.717, 1.165) is 19.3 Å². The lowest BCUT2D eigenvalue weighted by Crippen LogP contribution is -2.25. The van der Waals surface area contributed by atoms with Gasteiger partial charge in [0.25, 0.3) is 0 Å². The molecule has 0 radical (unpaired) electrons. The van der Waals surface area contributed by atoms with Crippen molar-refractivity contribution in [3.63, 3.8) is 0 Å².